The maximum atomic E-state index is 11.3. The summed E-state index contributed by atoms with van der Waals surface area (Å²) in [5.41, 5.74) is 1.18. The summed E-state index contributed by atoms with van der Waals surface area (Å²) in [5.74, 6) is 0.808. The van der Waals surface area contributed by atoms with Crippen LogP contribution in [0.3, 0.4) is 0 Å². The van der Waals surface area contributed by atoms with Crippen molar-refractivity contribution in [3.63, 3.8) is 0 Å². The summed E-state index contributed by atoms with van der Waals surface area (Å²) in [5, 5.41) is 0. The molecule has 1 aliphatic heterocycles. The molecule has 21 heavy (non-hydrogen) atoms. The number of hydrogen-bond acceptors (Lipinski definition) is 4. The lowest BCUT2D eigenvalue weighted by Crippen LogP contribution is -2.43. The van der Waals surface area contributed by atoms with Gasteiger partial charge in [0, 0.05) is 32.4 Å². The van der Waals surface area contributed by atoms with Gasteiger partial charge >= 0.3 is 0 Å². The molecule has 3 rings (SSSR count). The van der Waals surface area contributed by atoms with Crippen LogP contribution in [-0.2, 0) is 16.6 Å². The van der Waals surface area contributed by atoms with E-state index in [0.29, 0.717) is 6.54 Å². The zero-order chi connectivity index (χ0) is 14.9. The van der Waals surface area contributed by atoms with Gasteiger partial charge in [-0.3, -0.25) is 4.90 Å². The first-order valence-corrected chi connectivity index (χ1v) is 9.58. The molecule has 7 heteroatoms. The van der Waals surface area contributed by atoms with Gasteiger partial charge in [0.2, 0.25) is 10.0 Å². The molecule has 1 fully saturated rings. The zero-order valence-corrected chi connectivity index (χ0v) is 13.3. The second kappa shape index (κ2) is 6.06. The highest BCUT2D eigenvalue weighted by Crippen LogP contribution is 2.28. The average molecular weight is 312 g/mol. The van der Waals surface area contributed by atoms with Crippen LogP contribution in [0.15, 0.2) is 12.5 Å². The Morgan fingerprint density at radius 2 is 2.14 bits per heavy atom. The predicted octanol–water partition coefficient (Wildman–Crippen LogP) is 0.979. The summed E-state index contributed by atoms with van der Waals surface area (Å²) >= 11 is 0. The second-order valence-electron chi connectivity index (χ2n) is 6.41. The fourth-order valence-electron chi connectivity index (χ4n) is 3.57. The van der Waals surface area contributed by atoms with Crippen molar-refractivity contribution in [2.45, 2.75) is 38.3 Å². The lowest BCUT2D eigenvalue weighted by atomic mass is 10.1. The van der Waals surface area contributed by atoms with Gasteiger partial charge in [-0.15, -0.1) is 0 Å². The molecular formula is C14H24N4O2S. The molecule has 118 valence electrons. The smallest absolute Gasteiger partial charge is 0.208 e. The van der Waals surface area contributed by atoms with Crippen LogP contribution in [0, 0.1) is 5.92 Å². The maximum Gasteiger partial charge on any atom is 0.208 e. The van der Waals surface area contributed by atoms with Crippen LogP contribution in [0.2, 0.25) is 0 Å². The van der Waals surface area contributed by atoms with Crippen LogP contribution >= 0.6 is 0 Å². The molecule has 6 nitrogen and oxygen atoms in total. The molecule has 1 aromatic heterocycles. The van der Waals surface area contributed by atoms with E-state index in [9.17, 15) is 8.42 Å². The van der Waals surface area contributed by atoms with Crippen LogP contribution in [0.5, 0.6) is 0 Å². The number of hydrogen-bond donors (Lipinski definition) is 1. The van der Waals surface area contributed by atoms with Crippen molar-refractivity contribution in [3.05, 3.63) is 18.2 Å². The Morgan fingerprint density at radius 3 is 2.86 bits per heavy atom. The van der Waals surface area contributed by atoms with E-state index in [4.69, 9.17) is 0 Å². The number of imidazole rings is 1. The third-order valence-corrected chi connectivity index (χ3v) is 5.26. The lowest BCUT2D eigenvalue weighted by molar-refractivity contribution is 0.160. The molecule has 0 aromatic carbocycles. The Kier molecular flexibility index (Phi) is 4.33. The van der Waals surface area contributed by atoms with E-state index in [0.717, 1.165) is 25.6 Å². The van der Waals surface area contributed by atoms with Gasteiger partial charge in [0.15, 0.2) is 0 Å². The van der Waals surface area contributed by atoms with E-state index >= 15 is 0 Å². The average Bonchev–Trinajstić information content (AvgIpc) is 3.05. The van der Waals surface area contributed by atoms with Crippen molar-refractivity contribution < 1.29 is 8.42 Å². The summed E-state index contributed by atoms with van der Waals surface area (Å²) < 4.78 is 27.4. The van der Waals surface area contributed by atoms with E-state index in [1.54, 1.807) is 0 Å². The molecule has 2 aliphatic rings. The van der Waals surface area contributed by atoms with Crippen molar-refractivity contribution in [3.8, 4) is 0 Å². The maximum absolute atomic E-state index is 11.3. The van der Waals surface area contributed by atoms with Gasteiger partial charge < -0.3 is 4.57 Å². The number of rotatable bonds is 5. The Morgan fingerprint density at radius 1 is 1.38 bits per heavy atom. The molecule has 1 aromatic rings. The van der Waals surface area contributed by atoms with Gasteiger partial charge in [-0.2, -0.15) is 0 Å². The quantitative estimate of drug-likeness (QED) is 0.880. The van der Waals surface area contributed by atoms with Crippen LogP contribution in [0.4, 0.5) is 0 Å². The van der Waals surface area contributed by atoms with Crippen molar-refractivity contribution in [2.75, 3.05) is 25.9 Å². The summed E-state index contributed by atoms with van der Waals surface area (Å²) in [4.78, 5) is 6.68. The van der Waals surface area contributed by atoms with Crippen molar-refractivity contribution in [1.29, 1.82) is 0 Å². The third kappa shape index (κ3) is 3.84. The van der Waals surface area contributed by atoms with E-state index in [1.165, 1.54) is 37.6 Å². The molecule has 0 spiro atoms. The first kappa shape index (κ1) is 15.0. The molecule has 0 saturated heterocycles. The fourth-order valence-corrected chi connectivity index (χ4v) is 4.07. The molecule has 0 unspecified atom stereocenters. The van der Waals surface area contributed by atoms with Gasteiger partial charge in [-0.05, 0) is 18.8 Å². The number of fused-ring (bicyclic) bond motifs is 1. The number of sulfonamides is 1. The monoisotopic (exact) mass is 312 g/mol. The van der Waals surface area contributed by atoms with Crippen LogP contribution < -0.4 is 4.72 Å². The topological polar surface area (TPSA) is 67.2 Å². The molecule has 1 saturated carbocycles. The molecule has 2 heterocycles. The normalized spacial score (nSPS) is 24.3. The van der Waals surface area contributed by atoms with Gasteiger partial charge in [0.05, 0.1) is 24.3 Å². The van der Waals surface area contributed by atoms with Crippen LogP contribution in [0.25, 0.3) is 0 Å². The fraction of sp³-hybridized carbons (Fsp3) is 0.786. The highest BCUT2D eigenvalue weighted by Gasteiger charge is 2.27. The van der Waals surface area contributed by atoms with Crippen molar-refractivity contribution in [2.24, 2.45) is 5.92 Å². The summed E-state index contributed by atoms with van der Waals surface area (Å²) in [7, 11) is -3.15. The number of nitrogens with one attached hydrogen (secondary N) is 1. The minimum atomic E-state index is -3.15. The van der Waals surface area contributed by atoms with Gasteiger partial charge in [-0.1, -0.05) is 12.8 Å². The Balaban J connectivity index is 1.67. The molecule has 1 atom stereocenters. The Bertz CT molecular complexity index is 578. The van der Waals surface area contributed by atoms with Gasteiger partial charge in [0.1, 0.15) is 0 Å². The van der Waals surface area contributed by atoms with E-state index in [1.807, 2.05) is 12.5 Å². The SMILES string of the molecule is CS(=O)(=O)NC[C@H]1CN(CC2CCCC2)Cc2cncn21. The van der Waals surface area contributed by atoms with Gasteiger partial charge in [0.25, 0.3) is 0 Å². The van der Waals surface area contributed by atoms with E-state index < -0.39 is 10.0 Å². The molecule has 1 aliphatic carbocycles. The summed E-state index contributed by atoms with van der Waals surface area (Å²) in [6.07, 6.45) is 10.3. The second-order valence-corrected chi connectivity index (χ2v) is 8.24. The highest BCUT2D eigenvalue weighted by molar-refractivity contribution is 7.88. The van der Waals surface area contributed by atoms with Crippen molar-refractivity contribution in [1.82, 2.24) is 19.2 Å². The van der Waals surface area contributed by atoms with Crippen molar-refractivity contribution >= 4 is 10.0 Å². The predicted molar refractivity (Wildman–Crippen MR) is 81.3 cm³/mol. The zero-order valence-electron chi connectivity index (χ0n) is 12.5. The standard InChI is InChI=1S/C14H24N4O2S/c1-21(19,20)16-7-14-10-17(8-12-4-2-3-5-12)9-13-6-15-11-18(13)14/h6,11-12,14,16H,2-5,7-10H2,1H3/t14-/m0/s1. The minimum absolute atomic E-state index is 0.132. The third-order valence-electron chi connectivity index (χ3n) is 4.57. The largest absolute Gasteiger partial charge is 0.328 e. The summed E-state index contributed by atoms with van der Waals surface area (Å²) in [6.45, 7) is 3.37. The van der Waals surface area contributed by atoms with Gasteiger partial charge in [-0.25, -0.2) is 18.1 Å². The Hall–Kier alpha value is -0.920. The van der Waals surface area contributed by atoms with Crippen LogP contribution in [-0.4, -0.2) is 48.8 Å². The van der Waals surface area contributed by atoms with E-state index in [-0.39, 0.29) is 6.04 Å². The van der Waals surface area contributed by atoms with E-state index in [2.05, 4.69) is 19.2 Å². The minimum Gasteiger partial charge on any atom is -0.328 e. The molecule has 1 N–H and O–H groups in total. The Labute approximate surface area is 126 Å². The molecule has 0 bridgehead atoms. The first-order valence-electron chi connectivity index (χ1n) is 7.69. The number of aromatic nitrogens is 2. The molecule has 0 radical (unpaired) electrons. The molecule has 0 amide bonds. The number of nitrogens with zero attached hydrogens (tertiary/aromatic N) is 3. The van der Waals surface area contributed by atoms with Crippen LogP contribution in [0.1, 0.15) is 37.4 Å². The summed E-state index contributed by atoms with van der Waals surface area (Å²) in [6, 6.07) is 0.132. The first-order chi connectivity index (χ1) is 10.0. The lowest BCUT2D eigenvalue weighted by Gasteiger charge is -2.35. The molecular weight excluding hydrogens is 288 g/mol. The highest BCUT2D eigenvalue weighted by atomic mass is 32.2.